The normalized spacial score (nSPS) is 10.2. The van der Waals surface area contributed by atoms with E-state index in [2.05, 4.69) is 33.8 Å². The number of carbonyl (C=O) groups is 1. The van der Waals surface area contributed by atoms with Crippen molar-refractivity contribution < 1.29 is 4.79 Å². The first kappa shape index (κ1) is 18.4. The first-order valence-electron chi connectivity index (χ1n) is 8.04. The van der Waals surface area contributed by atoms with Crippen LogP contribution in [0.1, 0.15) is 18.1 Å². The van der Waals surface area contributed by atoms with Gasteiger partial charge in [-0.1, -0.05) is 40.0 Å². The zero-order chi connectivity index (χ0) is 18.7. The monoisotopic (exact) mass is 424 g/mol. The van der Waals surface area contributed by atoms with E-state index < -0.39 is 0 Å². The van der Waals surface area contributed by atoms with E-state index >= 15 is 0 Å². The molecule has 5 heteroatoms. The molecule has 3 aromatic rings. The molecule has 0 atom stereocenters. The molecule has 1 amide bonds. The van der Waals surface area contributed by atoms with Crippen molar-refractivity contribution in [2.45, 2.75) is 20.8 Å². The number of aromatic nitrogens is 1. The highest BCUT2D eigenvalue weighted by molar-refractivity contribution is 9.10. The molecule has 0 unspecified atom stereocenters. The molecule has 0 radical (unpaired) electrons. The standard InChI is InChI=1S/C21H17BrN2OS/c1-4-5-20(25)24(18-11-14(2)10-15(3)12-18)21-23-19(13-26-21)16-6-8-17(22)9-7-16/h6-13H,1-3H3. The Bertz CT molecular complexity index is 992. The van der Waals surface area contributed by atoms with Crippen LogP contribution in [0.25, 0.3) is 11.3 Å². The topological polar surface area (TPSA) is 33.2 Å². The zero-order valence-corrected chi connectivity index (χ0v) is 17.1. The quantitative estimate of drug-likeness (QED) is 0.491. The van der Waals surface area contributed by atoms with Crippen molar-refractivity contribution >= 4 is 44.0 Å². The average molecular weight is 425 g/mol. The fourth-order valence-corrected chi connectivity index (χ4v) is 3.79. The van der Waals surface area contributed by atoms with E-state index in [1.54, 1.807) is 11.8 Å². The summed E-state index contributed by atoms with van der Waals surface area (Å²) in [5, 5.41) is 2.57. The van der Waals surface area contributed by atoms with Crippen molar-refractivity contribution in [3.05, 3.63) is 63.4 Å². The molecule has 0 saturated heterocycles. The molecule has 3 rings (SSSR count). The molecular weight excluding hydrogens is 408 g/mol. The number of thiazole rings is 1. The number of benzene rings is 2. The molecule has 2 aromatic carbocycles. The van der Waals surface area contributed by atoms with Gasteiger partial charge in [-0.3, -0.25) is 4.79 Å². The second-order valence-electron chi connectivity index (χ2n) is 5.88. The van der Waals surface area contributed by atoms with Gasteiger partial charge in [-0.25, -0.2) is 9.88 Å². The van der Waals surface area contributed by atoms with Gasteiger partial charge in [0.15, 0.2) is 5.13 Å². The number of carbonyl (C=O) groups excluding carboxylic acids is 1. The van der Waals surface area contributed by atoms with Gasteiger partial charge < -0.3 is 0 Å². The molecule has 1 aromatic heterocycles. The van der Waals surface area contributed by atoms with Crippen LogP contribution < -0.4 is 4.90 Å². The summed E-state index contributed by atoms with van der Waals surface area (Å²) in [5.74, 6) is 5.04. The third kappa shape index (κ3) is 4.04. The number of nitrogens with zero attached hydrogens (tertiary/aromatic N) is 2. The molecule has 0 aliphatic rings. The van der Waals surface area contributed by atoms with Crippen molar-refractivity contribution in [2.75, 3.05) is 4.90 Å². The van der Waals surface area contributed by atoms with E-state index in [0.717, 1.165) is 32.5 Å². The average Bonchev–Trinajstić information content (AvgIpc) is 3.04. The van der Waals surface area contributed by atoms with Crippen molar-refractivity contribution in [2.24, 2.45) is 0 Å². The van der Waals surface area contributed by atoms with Crippen LogP contribution in [0.15, 0.2) is 52.3 Å². The molecule has 1 heterocycles. The number of aryl methyl sites for hydroxylation is 2. The van der Waals surface area contributed by atoms with E-state index in [-0.39, 0.29) is 5.91 Å². The lowest BCUT2D eigenvalue weighted by Crippen LogP contribution is -2.24. The van der Waals surface area contributed by atoms with Gasteiger partial charge in [0.05, 0.1) is 11.4 Å². The Hall–Kier alpha value is -2.42. The third-order valence-corrected chi connectivity index (χ3v) is 5.08. The van der Waals surface area contributed by atoms with Gasteiger partial charge >= 0.3 is 5.91 Å². The molecule has 0 spiro atoms. The van der Waals surface area contributed by atoms with Crippen LogP contribution in [0.5, 0.6) is 0 Å². The lowest BCUT2D eigenvalue weighted by Gasteiger charge is -2.18. The molecule has 0 bridgehead atoms. The highest BCUT2D eigenvalue weighted by atomic mass is 79.9. The maximum absolute atomic E-state index is 12.7. The van der Waals surface area contributed by atoms with E-state index in [1.807, 2.05) is 55.6 Å². The molecule has 0 aliphatic carbocycles. The highest BCUT2D eigenvalue weighted by Gasteiger charge is 2.21. The van der Waals surface area contributed by atoms with Crippen LogP contribution in [-0.2, 0) is 4.79 Å². The van der Waals surface area contributed by atoms with E-state index in [1.165, 1.54) is 11.3 Å². The molecular formula is C21H17BrN2OS. The summed E-state index contributed by atoms with van der Waals surface area (Å²) in [6, 6.07) is 14.0. The van der Waals surface area contributed by atoms with E-state index in [0.29, 0.717) is 5.13 Å². The Morgan fingerprint density at radius 3 is 2.38 bits per heavy atom. The van der Waals surface area contributed by atoms with Gasteiger partial charge in [0.1, 0.15) is 0 Å². The van der Waals surface area contributed by atoms with Crippen LogP contribution in [0.3, 0.4) is 0 Å². The first-order chi connectivity index (χ1) is 12.5. The summed E-state index contributed by atoms with van der Waals surface area (Å²) >= 11 is 4.87. The predicted molar refractivity (Wildman–Crippen MR) is 112 cm³/mol. The largest absolute Gasteiger partial charge is 0.309 e. The van der Waals surface area contributed by atoms with Gasteiger partial charge in [0.25, 0.3) is 0 Å². The lowest BCUT2D eigenvalue weighted by molar-refractivity contribution is -0.112. The summed E-state index contributed by atoms with van der Waals surface area (Å²) in [4.78, 5) is 18.9. The van der Waals surface area contributed by atoms with Gasteiger partial charge in [0.2, 0.25) is 0 Å². The molecule has 0 N–H and O–H groups in total. The second kappa shape index (κ2) is 7.86. The number of rotatable bonds is 3. The molecule has 0 fully saturated rings. The SMILES string of the molecule is CC#CC(=O)N(c1cc(C)cc(C)c1)c1nc(-c2ccc(Br)cc2)cs1. The highest BCUT2D eigenvalue weighted by Crippen LogP contribution is 2.33. The summed E-state index contributed by atoms with van der Waals surface area (Å²) < 4.78 is 1.02. The van der Waals surface area contributed by atoms with Crippen molar-refractivity contribution in [1.29, 1.82) is 0 Å². The Kier molecular flexibility index (Phi) is 5.55. The van der Waals surface area contributed by atoms with E-state index in [4.69, 9.17) is 4.98 Å². The van der Waals surface area contributed by atoms with Crippen molar-refractivity contribution in [1.82, 2.24) is 4.98 Å². The van der Waals surface area contributed by atoms with Crippen molar-refractivity contribution in [3.8, 4) is 23.1 Å². The third-order valence-electron chi connectivity index (χ3n) is 3.72. The number of anilines is 2. The molecule has 0 aliphatic heterocycles. The molecule has 130 valence electrons. The summed E-state index contributed by atoms with van der Waals surface area (Å²) in [5.41, 5.74) is 4.81. The minimum Gasteiger partial charge on any atom is -0.258 e. The van der Waals surface area contributed by atoms with Crippen LogP contribution in [0.4, 0.5) is 10.8 Å². The van der Waals surface area contributed by atoms with Crippen LogP contribution >= 0.6 is 27.3 Å². The second-order valence-corrected chi connectivity index (χ2v) is 7.64. The van der Waals surface area contributed by atoms with Gasteiger partial charge in [-0.05, 0) is 62.1 Å². The zero-order valence-electron chi connectivity index (χ0n) is 14.7. The minimum absolute atomic E-state index is 0.283. The Morgan fingerprint density at radius 2 is 1.77 bits per heavy atom. The van der Waals surface area contributed by atoms with E-state index in [9.17, 15) is 4.79 Å². The number of halogens is 1. The summed E-state index contributed by atoms with van der Waals surface area (Å²) in [6.45, 7) is 5.69. The fraction of sp³-hybridized carbons (Fsp3) is 0.143. The number of hydrogen-bond acceptors (Lipinski definition) is 3. The summed E-state index contributed by atoms with van der Waals surface area (Å²) in [7, 11) is 0. The van der Waals surface area contributed by atoms with Crippen LogP contribution in [-0.4, -0.2) is 10.9 Å². The van der Waals surface area contributed by atoms with Crippen LogP contribution in [0, 0.1) is 25.7 Å². The smallest absolute Gasteiger partial charge is 0.258 e. The number of amides is 1. The molecule has 3 nitrogen and oxygen atoms in total. The van der Waals surface area contributed by atoms with Crippen LogP contribution in [0.2, 0.25) is 0 Å². The molecule has 26 heavy (non-hydrogen) atoms. The maximum atomic E-state index is 12.7. The first-order valence-corrected chi connectivity index (χ1v) is 9.72. The summed E-state index contributed by atoms with van der Waals surface area (Å²) in [6.07, 6.45) is 0. The van der Waals surface area contributed by atoms with Gasteiger partial charge in [-0.15, -0.1) is 11.3 Å². The predicted octanol–water partition coefficient (Wildman–Crippen LogP) is 5.88. The van der Waals surface area contributed by atoms with Crippen molar-refractivity contribution in [3.63, 3.8) is 0 Å². The molecule has 0 saturated carbocycles. The minimum atomic E-state index is -0.283. The lowest BCUT2D eigenvalue weighted by atomic mass is 10.1. The van der Waals surface area contributed by atoms with Gasteiger partial charge in [0, 0.05) is 15.4 Å². The maximum Gasteiger partial charge on any atom is 0.309 e. The Morgan fingerprint density at radius 1 is 1.12 bits per heavy atom. The fourth-order valence-electron chi connectivity index (χ4n) is 2.68. The number of hydrogen-bond donors (Lipinski definition) is 0. The Balaban J connectivity index is 2.06. The van der Waals surface area contributed by atoms with Gasteiger partial charge in [-0.2, -0.15) is 0 Å². The Labute approximate surface area is 165 Å².